The Morgan fingerprint density at radius 3 is 2.44 bits per heavy atom. The summed E-state index contributed by atoms with van der Waals surface area (Å²) in [6, 6.07) is 9.78. The van der Waals surface area contributed by atoms with Gasteiger partial charge in [-0.1, -0.05) is 37.3 Å². The van der Waals surface area contributed by atoms with E-state index in [1.165, 1.54) is 0 Å². The first-order valence-corrected chi connectivity index (χ1v) is 5.77. The van der Waals surface area contributed by atoms with Crippen molar-refractivity contribution in [1.82, 2.24) is 0 Å². The number of rotatable bonds is 6. The molecule has 0 fully saturated rings. The molecular weight excluding hydrogens is 200 g/mol. The Balaban J connectivity index is 2.58. The molecular formula is C14H20O2. The molecule has 1 aromatic carbocycles. The zero-order chi connectivity index (χ0) is 12.0. The number of benzene rings is 1. The Morgan fingerprint density at radius 2 is 1.88 bits per heavy atom. The van der Waals surface area contributed by atoms with Crippen LogP contribution in [0.3, 0.4) is 0 Å². The molecule has 0 spiro atoms. The van der Waals surface area contributed by atoms with Crippen LogP contribution in [0.25, 0.3) is 0 Å². The van der Waals surface area contributed by atoms with Crippen LogP contribution in [0.2, 0.25) is 0 Å². The summed E-state index contributed by atoms with van der Waals surface area (Å²) in [5.41, 5.74) is 0.368. The molecule has 0 aromatic heterocycles. The molecule has 0 aliphatic carbocycles. The summed E-state index contributed by atoms with van der Waals surface area (Å²) in [7, 11) is 0. The molecule has 0 bridgehead atoms. The summed E-state index contributed by atoms with van der Waals surface area (Å²) in [5.74, 6) is 0.132. The predicted octanol–water partition coefficient (Wildman–Crippen LogP) is 3.00. The number of Topliss-reactive ketones (excluding diaryl/α,β-unsaturated/α-hetero) is 1. The molecule has 0 aliphatic heterocycles. The molecule has 0 unspecified atom stereocenters. The Hall–Kier alpha value is -1.15. The van der Waals surface area contributed by atoms with Gasteiger partial charge >= 0.3 is 0 Å². The van der Waals surface area contributed by atoms with Gasteiger partial charge in [-0.15, -0.1) is 0 Å². The maximum atomic E-state index is 12.0. The third-order valence-electron chi connectivity index (χ3n) is 2.55. The average molecular weight is 220 g/mol. The topological polar surface area (TPSA) is 26.3 Å². The minimum Gasteiger partial charge on any atom is -0.368 e. The third kappa shape index (κ3) is 3.78. The monoisotopic (exact) mass is 220 g/mol. The lowest BCUT2D eigenvalue weighted by Gasteiger charge is -2.23. The summed E-state index contributed by atoms with van der Waals surface area (Å²) in [5, 5.41) is 0. The van der Waals surface area contributed by atoms with Crippen molar-refractivity contribution >= 4 is 5.78 Å². The number of carbonyl (C=O) groups is 1. The van der Waals surface area contributed by atoms with E-state index >= 15 is 0 Å². The Labute approximate surface area is 97.6 Å². The Kier molecular flexibility index (Phi) is 4.69. The molecule has 1 aromatic rings. The first-order chi connectivity index (χ1) is 7.56. The molecule has 0 radical (unpaired) electrons. The van der Waals surface area contributed by atoms with Gasteiger partial charge in [0, 0.05) is 13.0 Å². The average Bonchev–Trinajstić information content (AvgIpc) is 2.28. The van der Waals surface area contributed by atoms with Gasteiger partial charge in [0.25, 0.3) is 0 Å². The highest BCUT2D eigenvalue weighted by Crippen LogP contribution is 2.14. The van der Waals surface area contributed by atoms with Crippen molar-refractivity contribution in [3.63, 3.8) is 0 Å². The lowest BCUT2D eigenvalue weighted by molar-refractivity contribution is -0.139. The number of hydrogen-bond donors (Lipinski definition) is 0. The summed E-state index contributed by atoms with van der Waals surface area (Å²) >= 11 is 0. The first kappa shape index (κ1) is 12.9. The van der Waals surface area contributed by atoms with E-state index in [1.54, 1.807) is 0 Å². The molecule has 88 valence electrons. The number of hydrogen-bond acceptors (Lipinski definition) is 2. The summed E-state index contributed by atoms with van der Waals surface area (Å²) in [6.45, 7) is 6.35. The van der Waals surface area contributed by atoms with E-state index in [2.05, 4.69) is 0 Å². The summed E-state index contributed by atoms with van der Waals surface area (Å²) < 4.78 is 5.56. The van der Waals surface area contributed by atoms with Gasteiger partial charge in [0.05, 0.1) is 0 Å². The van der Waals surface area contributed by atoms with Gasteiger partial charge in [-0.3, -0.25) is 4.79 Å². The fourth-order valence-corrected chi connectivity index (χ4v) is 1.43. The smallest absolute Gasteiger partial charge is 0.168 e. The fraction of sp³-hybridized carbons (Fsp3) is 0.500. The van der Waals surface area contributed by atoms with Crippen molar-refractivity contribution in [2.45, 2.75) is 39.2 Å². The van der Waals surface area contributed by atoms with Crippen LogP contribution >= 0.6 is 0 Å². The van der Waals surface area contributed by atoms with E-state index < -0.39 is 5.60 Å². The van der Waals surface area contributed by atoms with Gasteiger partial charge in [-0.05, 0) is 25.8 Å². The molecule has 0 saturated carbocycles. The van der Waals surface area contributed by atoms with E-state index in [9.17, 15) is 4.79 Å². The van der Waals surface area contributed by atoms with Crippen molar-refractivity contribution in [3.05, 3.63) is 35.9 Å². The van der Waals surface area contributed by atoms with Crippen LogP contribution in [-0.4, -0.2) is 18.0 Å². The summed E-state index contributed by atoms with van der Waals surface area (Å²) in [6.07, 6.45) is 1.37. The van der Waals surface area contributed by atoms with Crippen LogP contribution in [0.15, 0.2) is 30.3 Å². The fourth-order valence-electron chi connectivity index (χ4n) is 1.43. The molecule has 0 saturated heterocycles. The molecule has 0 heterocycles. The van der Waals surface area contributed by atoms with Gasteiger partial charge in [0.15, 0.2) is 5.78 Å². The van der Waals surface area contributed by atoms with E-state index in [1.807, 2.05) is 51.1 Å². The molecule has 0 N–H and O–H groups in total. The van der Waals surface area contributed by atoms with E-state index in [0.29, 0.717) is 13.0 Å². The molecule has 16 heavy (non-hydrogen) atoms. The molecule has 2 nitrogen and oxygen atoms in total. The van der Waals surface area contributed by atoms with Gasteiger partial charge in [0.2, 0.25) is 0 Å². The minimum atomic E-state index is -0.675. The second-order valence-electron chi connectivity index (χ2n) is 4.44. The highest BCUT2D eigenvalue weighted by molar-refractivity contribution is 5.88. The normalized spacial score (nSPS) is 11.4. The molecule has 2 heteroatoms. The van der Waals surface area contributed by atoms with Crippen LogP contribution in [0.1, 0.15) is 32.8 Å². The van der Waals surface area contributed by atoms with Crippen molar-refractivity contribution < 1.29 is 9.53 Å². The van der Waals surface area contributed by atoms with Gasteiger partial charge in [-0.2, -0.15) is 0 Å². The van der Waals surface area contributed by atoms with Gasteiger partial charge in [-0.25, -0.2) is 0 Å². The quantitative estimate of drug-likeness (QED) is 0.736. The van der Waals surface area contributed by atoms with Crippen LogP contribution in [0.4, 0.5) is 0 Å². The van der Waals surface area contributed by atoms with E-state index in [4.69, 9.17) is 4.74 Å². The lowest BCUT2D eigenvalue weighted by Crippen LogP contribution is -2.36. The van der Waals surface area contributed by atoms with Gasteiger partial charge < -0.3 is 4.74 Å². The van der Waals surface area contributed by atoms with Crippen molar-refractivity contribution in [2.24, 2.45) is 0 Å². The predicted molar refractivity (Wildman–Crippen MR) is 65.5 cm³/mol. The van der Waals surface area contributed by atoms with E-state index in [0.717, 1.165) is 12.0 Å². The first-order valence-electron chi connectivity index (χ1n) is 5.77. The Bertz CT molecular complexity index is 328. The van der Waals surface area contributed by atoms with Crippen molar-refractivity contribution in [2.75, 3.05) is 6.61 Å². The number of carbonyl (C=O) groups excluding carboxylic acids is 1. The zero-order valence-corrected chi connectivity index (χ0v) is 10.3. The third-order valence-corrected chi connectivity index (χ3v) is 2.55. The van der Waals surface area contributed by atoms with Crippen molar-refractivity contribution in [3.8, 4) is 0 Å². The van der Waals surface area contributed by atoms with Crippen LogP contribution in [-0.2, 0) is 16.0 Å². The van der Waals surface area contributed by atoms with Crippen LogP contribution in [0.5, 0.6) is 0 Å². The highest BCUT2D eigenvalue weighted by Gasteiger charge is 2.27. The SMILES string of the molecule is CCCOC(C)(C)C(=O)Cc1ccccc1. The maximum absolute atomic E-state index is 12.0. The van der Waals surface area contributed by atoms with Crippen LogP contribution in [0, 0.1) is 0 Å². The van der Waals surface area contributed by atoms with E-state index in [-0.39, 0.29) is 5.78 Å². The molecule has 0 aliphatic rings. The zero-order valence-electron chi connectivity index (χ0n) is 10.3. The largest absolute Gasteiger partial charge is 0.368 e. The summed E-state index contributed by atoms with van der Waals surface area (Å²) in [4.78, 5) is 12.0. The Morgan fingerprint density at radius 1 is 1.25 bits per heavy atom. The lowest BCUT2D eigenvalue weighted by atomic mass is 9.97. The molecule has 0 amide bonds. The minimum absolute atomic E-state index is 0.132. The molecule has 1 rings (SSSR count). The van der Waals surface area contributed by atoms with Gasteiger partial charge in [0.1, 0.15) is 5.60 Å². The van der Waals surface area contributed by atoms with Crippen LogP contribution < -0.4 is 0 Å². The maximum Gasteiger partial charge on any atom is 0.168 e. The second-order valence-corrected chi connectivity index (χ2v) is 4.44. The molecule has 0 atom stereocenters. The highest BCUT2D eigenvalue weighted by atomic mass is 16.5. The number of ether oxygens (including phenoxy) is 1. The van der Waals surface area contributed by atoms with Crippen molar-refractivity contribution in [1.29, 1.82) is 0 Å². The standard InChI is InChI=1S/C14H20O2/c1-4-10-16-14(2,3)13(15)11-12-8-6-5-7-9-12/h5-9H,4,10-11H2,1-3H3. The second kappa shape index (κ2) is 5.80. The number of ketones is 1.